The van der Waals surface area contributed by atoms with Gasteiger partial charge in [-0.2, -0.15) is 10.4 Å². The molecule has 1 amide bonds. The zero-order valence-corrected chi connectivity index (χ0v) is 14.5. The maximum atomic E-state index is 12.5. The molecule has 0 radical (unpaired) electrons. The van der Waals surface area contributed by atoms with Crippen molar-refractivity contribution in [1.29, 1.82) is 10.7 Å². The Labute approximate surface area is 154 Å². The Kier molecular flexibility index (Phi) is 6.14. The minimum atomic E-state index is -0.457. The first-order valence-electron chi connectivity index (χ1n) is 7.27. The second-order valence-corrected chi connectivity index (χ2v) is 5.41. The molecule has 0 aliphatic heterocycles. The maximum absolute atomic E-state index is 12.5. The number of rotatable bonds is 6. The molecule has 0 saturated carbocycles. The number of benzene rings is 2. The van der Waals surface area contributed by atoms with Gasteiger partial charge >= 0.3 is 0 Å². The average Bonchev–Trinajstić information content (AvgIpc) is 2.62. The second-order valence-electron chi connectivity index (χ2n) is 4.98. The molecule has 2 aromatic rings. The smallest absolute Gasteiger partial charge is 0.255 e. The average molecular weight is 371 g/mol. The number of hydrogen-bond acceptors (Lipinski definition) is 6. The molecule has 0 spiro atoms. The minimum Gasteiger partial charge on any atom is -0.495 e. The van der Waals surface area contributed by atoms with E-state index < -0.39 is 5.84 Å². The predicted octanol–water partition coefficient (Wildman–Crippen LogP) is 2.83. The van der Waals surface area contributed by atoms with E-state index >= 15 is 0 Å². The van der Waals surface area contributed by atoms with E-state index in [4.69, 9.17) is 32.7 Å². The van der Waals surface area contributed by atoms with Crippen molar-refractivity contribution in [2.45, 2.75) is 0 Å². The van der Waals surface area contributed by atoms with Gasteiger partial charge in [-0.15, -0.1) is 0 Å². The number of carbonyl (C=O) groups is 1. The van der Waals surface area contributed by atoms with Crippen LogP contribution in [0.3, 0.4) is 0 Å². The fraction of sp³-hybridized carbons (Fsp3) is 0.0588. The van der Waals surface area contributed by atoms with Crippen LogP contribution in [0.4, 0.5) is 11.4 Å². The number of methoxy groups -OCH3 is 1. The van der Waals surface area contributed by atoms with Crippen LogP contribution >= 0.6 is 11.6 Å². The Morgan fingerprint density at radius 3 is 2.77 bits per heavy atom. The zero-order valence-electron chi connectivity index (χ0n) is 13.7. The first-order chi connectivity index (χ1) is 12.4. The molecule has 0 heterocycles. The summed E-state index contributed by atoms with van der Waals surface area (Å²) in [6.45, 7) is 0. The Bertz CT molecular complexity index is 920. The third-order valence-corrected chi connectivity index (χ3v) is 3.43. The Balaban J connectivity index is 2.20. The van der Waals surface area contributed by atoms with Gasteiger partial charge in [0.2, 0.25) is 5.71 Å². The monoisotopic (exact) mass is 370 g/mol. The highest BCUT2D eigenvalue weighted by molar-refractivity contribution is 6.45. The highest BCUT2D eigenvalue weighted by atomic mass is 35.5. The van der Waals surface area contributed by atoms with Gasteiger partial charge in [0.05, 0.1) is 18.5 Å². The summed E-state index contributed by atoms with van der Waals surface area (Å²) in [6, 6.07) is 13.0. The molecule has 26 heavy (non-hydrogen) atoms. The van der Waals surface area contributed by atoms with Gasteiger partial charge in [-0.3, -0.25) is 15.6 Å². The van der Waals surface area contributed by atoms with Gasteiger partial charge in [0.25, 0.3) is 5.91 Å². The number of amidine groups is 1. The first kappa shape index (κ1) is 18.8. The lowest BCUT2D eigenvalue weighted by Crippen LogP contribution is -2.21. The van der Waals surface area contributed by atoms with Crippen molar-refractivity contribution in [1.82, 2.24) is 0 Å². The van der Waals surface area contributed by atoms with E-state index in [1.54, 1.807) is 42.5 Å². The summed E-state index contributed by atoms with van der Waals surface area (Å²) in [7, 11) is 1.49. The van der Waals surface area contributed by atoms with Gasteiger partial charge in [-0.25, -0.2) is 0 Å². The van der Waals surface area contributed by atoms with E-state index in [2.05, 4.69) is 15.8 Å². The Morgan fingerprint density at radius 1 is 1.35 bits per heavy atom. The molecule has 0 aromatic heterocycles. The van der Waals surface area contributed by atoms with E-state index in [-0.39, 0.29) is 11.6 Å². The normalized spacial score (nSPS) is 10.6. The van der Waals surface area contributed by atoms with Crippen molar-refractivity contribution in [2.24, 2.45) is 10.8 Å². The van der Waals surface area contributed by atoms with Crippen LogP contribution in [-0.4, -0.2) is 24.6 Å². The summed E-state index contributed by atoms with van der Waals surface area (Å²) in [5.41, 5.74) is 8.77. The molecule has 8 nitrogen and oxygen atoms in total. The molecule has 0 aliphatic carbocycles. The molecule has 0 bridgehead atoms. The number of halogens is 1. The molecule has 0 fully saturated rings. The number of anilines is 2. The molecular weight excluding hydrogens is 356 g/mol. The maximum Gasteiger partial charge on any atom is 0.255 e. The van der Waals surface area contributed by atoms with Gasteiger partial charge < -0.3 is 15.8 Å². The van der Waals surface area contributed by atoms with Crippen LogP contribution in [0.5, 0.6) is 5.75 Å². The van der Waals surface area contributed by atoms with Gasteiger partial charge in [0.1, 0.15) is 11.8 Å². The first-order valence-corrected chi connectivity index (χ1v) is 7.65. The number of ether oxygens (including phenoxy) is 1. The number of hydrazone groups is 1. The number of nitriles is 1. The molecule has 0 aliphatic rings. The van der Waals surface area contributed by atoms with E-state index in [9.17, 15) is 4.79 Å². The number of nitrogens with two attached hydrogens (primary N) is 1. The third kappa shape index (κ3) is 4.72. The molecule has 0 unspecified atom stereocenters. The van der Waals surface area contributed by atoms with Crippen molar-refractivity contribution in [3.8, 4) is 11.8 Å². The van der Waals surface area contributed by atoms with Crippen molar-refractivity contribution in [2.75, 3.05) is 17.9 Å². The molecule has 9 heteroatoms. The lowest BCUT2D eigenvalue weighted by molar-refractivity contribution is 0.102. The minimum absolute atomic E-state index is 0.261. The molecule has 5 N–H and O–H groups in total. The van der Waals surface area contributed by atoms with Crippen LogP contribution in [0.2, 0.25) is 5.02 Å². The fourth-order valence-electron chi connectivity index (χ4n) is 1.97. The van der Waals surface area contributed by atoms with Crippen molar-refractivity contribution in [3.63, 3.8) is 0 Å². The topological polar surface area (TPSA) is 136 Å². The van der Waals surface area contributed by atoms with Crippen molar-refractivity contribution in [3.05, 3.63) is 53.1 Å². The zero-order chi connectivity index (χ0) is 19.1. The van der Waals surface area contributed by atoms with E-state index in [1.165, 1.54) is 13.2 Å². The number of nitrogens with zero attached hydrogens (tertiary/aromatic N) is 2. The summed E-state index contributed by atoms with van der Waals surface area (Å²) >= 11 is 5.95. The largest absolute Gasteiger partial charge is 0.495 e. The summed E-state index contributed by atoms with van der Waals surface area (Å²) < 4.78 is 5.19. The quantitative estimate of drug-likeness (QED) is 0.352. The number of carbonyl (C=O) groups excluding carboxylic acids is 1. The van der Waals surface area contributed by atoms with Crippen LogP contribution < -0.4 is 21.2 Å². The van der Waals surface area contributed by atoms with Crippen LogP contribution in [-0.2, 0) is 0 Å². The summed E-state index contributed by atoms with van der Waals surface area (Å²) in [4.78, 5) is 12.5. The predicted molar refractivity (Wildman–Crippen MR) is 101 cm³/mol. The van der Waals surface area contributed by atoms with Crippen LogP contribution in [0.15, 0.2) is 47.6 Å². The van der Waals surface area contributed by atoms with Crippen LogP contribution in [0, 0.1) is 16.7 Å². The third-order valence-electron chi connectivity index (χ3n) is 3.19. The molecule has 0 saturated heterocycles. The van der Waals surface area contributed by atoms with Gasteiger partial charge in [-0.1, -0.05) is 17.7 Å². The van der Waals surface area contributed by atoms with Gasteiger partial charge in [0.15, 0.2) is 5.84 Å². The van der Waals surface area contributed by atoms with Crippen molar-refractivity contribution >= 4 is 40.4 Å². The van der Waals surface area contributed by atoms with Crippen molar-refractivity contribution < 1.29 is 9.53 Å². The second kappa shape index (κ2) is 8.50. The van der Waals surface area contributed by atoms with E-state index in [1.807, 2.05) is 0 Å². The van der Waals surface area contributed by atoms with Crippen LogP contribution in [0.1, 0.15) is 10.4 Å². The molecular formula is C17H15ClN6O2. The van der Waals surface area contributed by atoms with E-state index in [0.717, 1.165) is 0 Å². The fourth-order valence-corrected chi connectivity index (χ4v) is 2.14. The standard InChI is InChI=1S/C17H15ClN6O2/c1-26-15-6-5-11(18)8-13(15)22-17(25)10-3-2-4-12(7-10)23-24-14(9-19)16(20)21/h2-8,23H,1H3,(H3,20,21)(H,22,25)/b24-14+. The Morgan fingerprint density at radius 2 is 2.12 bits per heavy atom. The summed E-state index contributed by atoms with van der Waals surface area (Å²) in [5, 5.41) is 22.9. The summed E-state index contributed by atoms with van der Waals surface area (Å²) in [6.07, 6.45) is 0. The van der Waals surface area contributed by atoms with E-state index in [0.29, 0.717) is 27.7 Å². The summed E-state index contributed by atoms with van der Waals surface area (Å²) in [5.74, 6) is -0.367. The number of nitrogens with one attached hydrogen (secondary N) is 3. The number of hydrogen-bond donors (Lipinski definition) is 4. The molecule has 132 valence electrons. The van der Waals surface area contributed by atoms with Crippen LogP contribution in [0.25, 0.3) is 0 Å². The molecule has 0 atom stereocenters. The Hall–Kier alpha value is -3.57. The highest BCUT2D eigenvalue weighted by Crippen LogP contribution is 2.28. The lowest BCUT2D eigenvalue weighted by atomic mass is 10.2. The van der Waals surface area contributed by atoms with Gasteiger partial charge in [0, 0.05) is 10.6 Å². The number of amides is 1. The SMILES string of the molecule is COc1ccc(Cl)cc1NC(=O)c1cccc(N/N=C(\C#N)C(=N)N)c1. The lowest BCUT2D eigenvalue weighted by Gasteiger charge is -2.11. The molecule has 2 rings (SSSR count). The molecule has 2 aromatic carbocycles. The highest BCUT2D eigenvalue weighted by Gasteiger charge is 2.11. The van der Waals surface area contributed by atoms with Gasteiger partial charge in [-0.05, 0) is 36.4 Å².